The van der Waals surface area contributed by atoms with Crippen LogP contribution in [0.2, 0.25) is 0 Å². The highest BCUT2D eigenvalue weighted by molar-refractivity contribution is 5.99. The van der Waals surface area contributed by atoms with Crippen molar-refractivity contribution in [1.29, 1.82) is 0 Å². The first-order valence-corrected chi connectivity index (χ1v) is 6.59. The van der Waals surface area contributed by atoms with E-state index < -0.39 is 11.7 Å². The van der Waals surface area contributed by atoms with Gasteiger partial charge in [-0.05, 0) is 30.3 Å². The van der Waals surface area contributed by atoms with Crippen molar-refractivity contribution in [2.24, 2.45) is 0 Å². The number of nitrogens with two attached hydrogens (primary N) is 1. The standard InChI is InChI=1S/C16H17FN2O3/c1-21-12-5-3-10(15(8-12)22-2)9-19-16(20)13-7-11(17)4-6-14(13)18/h3-8H,9,18H2,1-2H3,(H,19,20). The molecule has 0 heterocycles. The molecule has 2 aromatic carbocycles. The fourth-order valence-electron chi connectivity index (χ4n) is 1.99. The number of rotatable bonds is 5. The number of amides is 1. The normalized spacial score (nSPS) is 10.1. The molecule has 1 amide bonds. The summed E-state index contributed by atoms with van der Waals surface area (Å²) in [5.74, 6) is 0.282. The molecule has 0 saturated carbocycles. The van der Waals surface area contributed by atoms with Gasteiger partial charge in [-0.3, -0.25) is 4.79 Å². The van der Waals surface area contributed by atoms with Crippen molar-refractivity contribution in [3.8, 4) is 11.5 Å². The van der Waals surface area contributed by atoms with Crippen molar-refractivity contribution < 1.29 is 18.7 Å². The molecule has 6 heteroatoms. The second-order valence-electron chi connectivity index (χ2n) is 4.59. The molecule has 0 atom stereocenters. The Labute approximate surface area is 127 Å². The Balaban J connectivity index is 2.12. The van der Waals surface area contributed by atoms with Crippen LogP contribution in [0.15, 0.2) is 36.4 Å². The fraction of sp³-hybridized carbons (Fsp3) is 0.188. The maximum atomic E-state index is 13.2. The molecule has 2 rings (SSSR count). The van der Waals surface area contributed by atoms with E-state index in [1.54, 1.807) is 25.3 Å². The summed E-state index contributed by atoms with van der Waals surface area (Å²) in [7, 11) is 3.09. The van der Waals surface area contributed by atoms with Crippen LogP contribution in [0.25, 0.3) is 0 Å². The minimum Gasteiger partial charge on any atom is -0.497 e. The van der Waals surface area contributed by atoms with Crippen LogP contribution in [0, 0.1) is 5.82 Å². The Kier molecular flexibility index (Phi) is 4.83. The second kappa shape index (κ2) is 6.80. The van der Waals surface area contributed by atoms with Gasteiger partial charge < -0.3 is 20.5 Å². The third-order valence-electron chi connectivity index (χ3n) is 3.19. The second-order valence-corrected chi connectivity index (χ2v) is 4.59. The number of hydrogen-bond acceptors (Lipinski definition) is 4. The Morgan fingerprint density at radius 2 is 1.95 bits per heavy atom. The number of methoxy groups -OCH3 is 2. The van der Waals surface area contributed by atoms with Crippen LogP contribution in [0.3, 0.4) is 0 Å². The number of halogens is 1. The van der Waals surface area contributed by atoms with E-state index in [1.807, 2.05) is 0 Å². The van der Waals surface area contributed by atoms with Gasteiger partial charge in [0, 0.05) is 23.9 Å². The van der Waals surface area contributed by atoms with Crippen LogP contribution < -0.4 is 20.5 Å². The lowest BCUT2D eigenvalue weighted by Crippen LogP contribution is -2.24. The number of carbonyl (C=O) groups excluding carboxylic acids is 1. The Bertz CT molecular complexity index is 689. The highest BCUT2D eigenvalue weighted by Gasteiger charge is 2.12. The first kappa shape index (κ1) is 15.6. The Morgan fingerprint density at radius 1 is 1.18 bits per heavy atom. The van der Waals surface area contributed by atoms with Gasteiger partial charge in [-0.15, -0.1) is 0 Å². The van der Waals surface area contributed by atoms with Gasteiger partial charge in [0.15, 0.2) is 0 Å². The number of nitrogen functional groups attached to an aromatic ring is 1. The molecule has 0 aliphatic carbocycles. The zero-order chi connectivity index (χ0) is 16.1. The lowest BCUT2D eigenvalue weighted by Gasteiger charge is -2.12. The Hall–Kier alpha value is -2.76. The highest BCUT2D eigenvalue weighted by atomic mass is 19.1. The largest absolute Gasteiger partial charge is 0.497 e. The third kappa shape index (κ3) is 3.46. The molecule has 0 bridgehead atoms. The van der Waals surface area contributed by atoms with Gasteiger partial charge in [-0.1, -0.05) is 0 Å². The smallest absolute Gasteiger partial charge is 0.253 e. The van der Waals surface area contributed by atoms with Gasteiger partial charge in [0.05, 0.1) is 19.8 Å². The molecule has 116 valence electrons. The third-order valence-corrected chi connectivity index (χ3v) is 3.19. The quantitative estimate of drug-likeness (QED) is 0.832. The van der Waals surface area contributed by atoms with Crippen molar-refractivity contribution in [2.75, 3.05) is 20.0 Å². The average Bonchev–Trinajstić information content (AvgIpc) is 2.54. The summed E-state index contributed by atoms with van der Waals surface area (Å²) in [4.78, 5) is 12.1. The predicted molar refractivity (Wildman–Crippen MR) is 81.5 cm³/mol. The molecule has 0 aromatic heterocycles. The van der Waals surface area contributed by atoms with E-state index in [0.717, 1.165) is 11.6 Å². The van der Waals surface area contributed by atoms with Crippen molar-refractivity contribution >= 4 is 11.6 Å². The summed E-state index contributed by atoms with van der Waals surface area (Å²) >= 11 is 0. The molecule has 2 aromatic rings. The van der Waals surface area contributed by atoms with Gasteiger partial charge in [-0.2, -0.15) is 0 Å². The molecular weight excluding hydrogens is 287 g/mol. The summed E-state index contributed by atoms with van der Waals surface area (Å²) in [6.45, 7) is 0.224. The minimum absolute atomic E-state index is 0.104. The van der Waals surface area contributed by atoms with Crippen molar-refractivity contribution in [2.45, 2.75) is 6.54 Å². The van der Waals surface area contributed by atoms with Gasteiger partial charge in [-0.25, -0.2) is 4.39 Å². The van der Waals surface area contributed by atoms with E-state index >= 15 is 0 Å². The van der Waals surface area contributed by atoms with E-state index in [2.05, 4.69) is 5.32 Å². The number of nitrogens with one attached hydrogen (secondary N) is 1. The lowest BCUT2D eigenvalue weighted by molar-refractivity contribution is 0.0951. The monoisotopic (exact) mass is 304 g/mol. The number of benzene rings is 2. The molecule has 5 nitrogen and oxygen atoms in total. The van der Waals surface area contributed by atoms with E-state index in [1.165, 1.54) is 19.2 Å². The number of ether oxygens (including phenoxy) is 2. The van der Waals surface area contributed by atoms with Crippen molar-refractivity contribution in [1.82, 2.24) is 5.32 Å². The molecule has 0 spiro atoms. The first-order chi connectivity index (χ1) is 10.5. The summed E-state index contributed by atoms with van der Waals surface area (Å²) < 4.78 is 23.6. The summed E-state index contributed by atoms with van der Waals surface area (Å²) in [5, 5.41) is 2.69. The van der Waals surface area contributed by atoms with Crippen molar-refractivity contribution in [3.63, 3.8) is 0 Å². The molecular formula is C16H17FN2O3. The molecule has 22 heavy (non-hydrogen) atoms. The highest BCUT2D eigenvalue weighted by Crippen LogP contribution is 2.24. The molecule has 3 N–H and O–H groups in total. The summed E-state index contributed by atoms with van der Waals surface area (Å²) in [5.41, 5.74) is 6.78. The molecule has 0 aliphatic rings. The maximum absolute atomic E-state index is 13.2. The van der Waals surface area contributed by atoms with Crippen LogP contribution in [-0.4, -0.2) is 20.1 Å². The SMILES string of the molecule is COc1ccc(CNC(=O)c2cc(F)ccc2N)c(OC)c1. The molecule has 0 unspecified atom stereocenters. The lowest BCUT2D eigenvalue weighted by atomic mass is 10.1. The predicted octanol–water partition coefficient (Wildman–Crippen LogP) is 2.36. The zero-order valence-corrected chi connectivity index (χ0v) is 12.4. The van der Waals surface area contributed by atoms with Crippen LogP contribution >= 0.6 is 0 Å². The van der Waals surface area contributed by atoms with Crippen LogP contribution in [-0.2, 0) is 6.54 Å². The maximum Gasteiger partial charge on any atom is 0.253 e. The zero-order valence-electron chi connectivity index (χ0n) is 12.4. The molecule has 0 saturated heterocycles. The summed E-state index contributed by atoms with van der Waals surface area (Å²) in [6.07, 6.45) is 0. The van der Waals surface area contributed by atoms with E-state index in [0.29, 0.717) is 11.5 Å². The van der Waals surface area contributed by atoms with E-state index in [4.69, 9.17) is 15.2 Å². The van der Waals surface area contributed by atoms with Gasteiger partial charge in [0.25, 0.3) is 5.91 Å². The Morgan fingerprint density at radius 3 is 2.64 bits per heavy atom. The van der Waals surface area contributed by atoms with Crippen LogP contribution in [0.4, 0.5) is 10.1 Å². The molecule has 0 aliphatic heterocycles. The molecule has 0 radical (unpaired) electrons. The first-order valence-electron chi connectivity index (χ1n) is 6.59. The van der Waals surface area contributed by atoms with E-state index in [-0.39, 0.29) is 17.8 Å². The van der Waals surface area contributed by atoms with Gasteiger partial charge >= 0.3 is 0 Å². The number of hydrogen-bond donors (Lipinski definition) is 2. The van der Waals surface area contributed by atoms with Crippen molar-refractivity contribution in [3.05, 3.63) is 53.3 Å². The average molecular weight is 304 g/mol. The van der Waals surface area contributed by atoms with Gasteiger partial charge in [0.2, 0.25) is 0 Å². The van der Waals surface area contributed by atoms with Crippen LogP contribution in [0.5, 0.6) is 11.5 Å². The molecule has 0 fully saturated rings. The number of anilines is 1. The van der Waals surface area contributed by atoms with E-state index in [9.17, 15) is 9.18 Å². The topological polar surface area (TPSA) is 73.6 Å². The fourth-order valence-corrected chi connectivity index (χ4v) is 1.99. The summed E-state index contributed by atoms with van der Waals surface area (Å²) in [6, 6.07) is 8.94. The van der Waals surface area contributed by atoms with Gasteiger partial charge in [0.1, 0.15) is 17.3 Å². The minimum atomic E-state index is -0.513. The van der Waals surface area contributed by atoms with Crippen LogP contribution in [0.1, 0.15) is 15.9 Å². The number of carbonyl (C=O) groups is 1.